The Kier molecular flexibility index (Phi) is 8.31. The molecule has 0 aliphatic carbocycles. The van der Waals surface area contributed by atoms with Crippen LogP contribution in [0.25, 0.3) is 0 Å². The molecule has 3 aromatic rings. The molecule has 0 saturated carbocycles. The minimum absolute atomic E-state index is 0.0106. The number of esters is 1. The molecule has 7 nitrogen and oxygen atoms in total. The number of rotatable bonds is 9. The van der Waals surface area contributed by atoms with Gasteiger partial charge in [0.2, 0.25) is 0 Å². The highest BCUT2D eigenvalue weighted by Crippen LogP contribution is 2.26. The number of halogens is 1. The third kappa shape index (κ3) is 6.36. The molecule has 1 amide bonds. The summed E-state index contributed by atoms with van der Waals surface area (Å²) in [5.74, 6) is -0.956. The van der Waals surface area contributed by atoms with Crippen LogP contribution in [0.5, 0.6) is 0 Å². The summed E-state index contributed by atoms with van der Waals surface area (Å²) in [6.07, 6.45) is 1.72. The third-order valence-electron chi connectivity index (χ3n) is 4.98. The summed E-state index contributed by atoms with van der Waals surface area (Å²) in [6.45, 7) is 4.14. The van der Waals surface area contributed by atoms with Gasteiger partial charge < -0.3 is 10.1 Å². The molecule has 2 N–H and O–H groups in total. The summed E-state index contributed by atoms with van der Waals surface area (Å²) in [5, 5.41) is 2.67. The van der Waals surface area contributed by atoms with Gasteiger partial charge in [-0.15, -0.1) is 0 Å². The second-order valence-electron chi connectivity index (χ2n) is 7.59. The van der Waals surface area contributed by atoms with Gasteiger partial charge in [-0.2, -0.15) is 0 Å². The van der Waals surface area contributed by atoms with E-state index in [-0.39, 0.29) is 15.5 Å². The number of benzene rings is 3. The van der Waals surface area contributed by atoms with E-state index in [2.05, 4.69) is 10.0 Å². The summed E-state index contributed by atoms with van der Waals surface area (Å²) < 4.78 is 33.5. The van der Waals surface area contributed by atoms with Gasteiger partial charge in [-0.1, -0.05) is 43.1 Å². The second-order valence-corrected chi connectivity index (χ2v) is 9.64. The smallest absolute Gasteiger partial charge is 0.338 e. The van der Waals surface area contributed by atoms with E-state index < -0.39 is 21.9 Å². The van der Waals surface area contributed by atoms with Gasteiger partial charge in [0.1, 0.15) is 4.90 Å². The molecule has 0 radical (unpaired) electrons. The standard InChI is InChI=1S/C25H25ClN2O5S/c1-3-4-15-33-25(30)18-9-12-20(13-10-18)27-24(29)19-11-14-21(26)23(16-19)34(31,32)28-22-8-6-5-7-17(22)2/h5-14,16,28H,3-4,15H2,1-2H3,(H,27,29). The first kappa shape index (κ1) is 25.3. The maximum atomic E-state index is 12.9. The lowest BCUT2D eigenvalue weighted by atomic mass is 10.2. The maximum absolute atomic E-state index is 12.9. The van der Waals surface area contributed by atoms with Crippen molar-refractivity contribution in [2.45, 2.75) is 31.6 Å². The summed E-state index contributed by atoms with van der Waals surface area (Å²) in [7, 11) is -4.03. The Balaban J connectivity index is 1.74. The molecule has 178 valence electrons. The highest BCUT2D eigenvalue weighted by Gasteiger charge is 2.21. The summed E-state index contributed by atoms with van der Waals surface area (Å²) in [6, 6.07) is 17.2. The number of amides is 1. The Hall–Kier alpha value is -3.36. The molecule has 0 aromatic heterocycles. The highest BCUT2D eigenvalue weighted by molar-refractivity contribution is 7.92. The van der Waals surface area contributed by atoms with Crippen LogP contribution in [-0.4, -0.2) is 26.9 Å². The number of nitrogens with one attached hydrogen (secondary N) is 2. The fourth-order valence-corrected chi connectivity index (χ4v) is 4.68. The predicted molar refractivity (Wildman–Crippen MR) is 133 cm³/mol. The average molecular weight is 501 g/mol. The molecule has 34 heavy (non-hydrogen) atoms. The molecule has 0 unspecified atom stereocenters. The van der Waals surface area contributed by atoms with Crippen molar-refractivity contribution in [2.24, 2.45) is 0 Å². The van der Waals surface area contributed by atoms with Gasteiger partial charge >= 0.3 is 5.97 Å². The SMILES string of the molecule is CCCCOC(=O)c1ccc(NC(=O)c2ccc(Cl)c(S(=O)(=O)Nc3ccccc3C)c2)cc1. The van der Waals surface area contributed by atoms with E-state index in [4.69, 9.17) is 16.3 Å². The van der Waals surface area contributed by atoms with Crippen LogP contribution in [0.15, 0.2) is 71.6 Å². The Morgan fingerprint density at radius 1 is 0.971 bits per heavy atom. The van der Waals surface area contributed by atoms with E-state index in [1.807, 2.05) is 6.92 Å². The van der Waals surface area contributed by atoms with Gasteiger partial charge in [0, 0.05) is 11.3 Å². The van der Waals surface area contributed by atoms with Crippen molar-refractivity contribution >= 4 is 44.9 Å². The van der Waals surface area contributed by atoms with Crippen LogP contribution in [0.3, 0.4) is 0 Å². The van der Waals surface area contributed by atoms with Crippen molar-refractivity contribution in [1.82, 2.24) is 0 Å². The number of unbranched alkanes of at least 4 members (excludes halogenated alkanes) is 1. The molecule has 0 aliphatic rings. The van der Waals surface area contributed by atoms with Crippen LogP contribution in [0.4, 0.5) is 11.4 Å². The van der Waals surface area contributed by atoms with Crippen molar-refractivity contribution in [2.75, 3.05) is 16.6 Å². The number of hydrogen-bond donors (Lipinski definition) is 2. The molecule has 0 saturated heterocycles. The van der Waals surface area contributed by atoms with Crippen LogP contribution >= 0.6 is 11.6 Å². The minimum Gasteiger partial charge on any atom is -0.462 e. The summed E-state index contributed by atoms with van der Waals surface area (Å²) >= 11 is 6.15. The van der Waals surface area contributed by atoms with Crippen molar-refractivity contribution in [3.8, 4) is 0 Å². The van der Waals surface area contributed by atoms with E-state index in [0.29, 0.717) is 23.5 Å². The lowest BCUT2D eigenvalue weighted by Gasteiger charge is -2.13. The quantitative estimate of drug-likeness (QED) is 0.291. The topological polar surface area (TPSA) is 102 Å². The van der Waals surface area contributed by atoms with Crippen LogP contribution in [0.1, 0.15) is 46.0 Å². The van der Waals surface area contributed by atoms with E-state index in [9.17, 15) is 18.0 Å². The summed E-state index contributed by atoms with van der Waals surface area (Å²) in [4.78, 5) is 24.5. The number of sulfonamides is 1. The first-order chi connectivity index (χ1) is 16.2. The lowest BCUT2D eigenvalue weighted by molar-refractivity contribution is 0.0499. The number of para-hydroxylation sites is 1. The molecule has 0 bridgehead atoms. The Bertz CT molecular complexity index is 1290. The zero-order chi connectivity index (χ0) is 24.7. The molecule has 0 fully saturated rings. The average Bonchev–Trinajstić information content (AvgIpc) is 2.81. The number of carbonyl (C=O) groups is 2. The fraction of sp³-hybridized carbons (Fsp3) is 0.200. The number of anilines is 2. The van der Waals surface area contributed by atoms with Gasteiger partial charge in [0.25, 0.3) is 15.9 Å². The molecular weight excluding hydrogens is 476 g/mol. The van der Waals surface area contributed by atoms with Gasteiger partial charge in [0.05, 0.1) is 22.9 Å². The van der Waals surface area contributed by atoms with E-state index in [1.165, 1.54) is 18.2 Å². The first-order valence-corrected chi connectivity index (χ1v) is 12.5. The van der Waals surface area contributed by atoms with Crippen molar-refractivity contribution in [3.05, 3.63) is 88.4 Å². The van der Waals surface area contributed by atoms with E-state index in [0.717, 1.165) is 18.4 Å². The first-order valence-electron chi connectivity index (χ1n) is 10.7. The second kappa shape index (κ2) is 11.2. The molecular formula is C25H25ClN2O5S. The van der Waals surface area contributed by atoms with Crippen molar-refractivity contribution in [1.29, 1.82) is 0 Å². The van der Waals surface area contributed by atoms with Crippen LogP contribution in [0.2, 0.25) is 5.02 Å². The zero-order valence-corrected chi connectivity index (χ0v) is 20.4. The Morgan fingerprint density at radius 3 is 2.32 bits per heavy atom. The number of ether oxygens (including phenoxy) is 1. The molecule has 0 spiro atoms. The molecule has 3 rings (SSSR count). The largest absolute Gasteiger partial charge is 0.462 e. The van der Waals surface area contributed by atoms with Gasteiger partial charge in [-0.25, -0.2) is 13.2 Å². The predicted octanol–water partition coefficient (Wildman–Crippen LogP) is 5.66. The maximum Gasteiger partial charge on any atom is 0.338 e. The highest BCUT2D eigenvalue weighted by atomic mass is 35.5. The molecule has 0 aliphatic heterocycles. The molecule has 9 heteroatoms. The molecule has 3 aromatic carbocycles. The van der Waals surface area contributed by atoms with Crippen LogP contribution in [0, 0.1) is 6.92 Å². The minimum atomic E-state index is -4.03. The fourth-order valence-electron chi connectivity index (χ4n) is 3.02. The zero-order valence-electron chi connectivity index (χ0n) is 18.8. The van der Waals surface area contributed by atoms with Gasteiger partial charge in [-0.3, -0.25) is 9.52 Å². The van der Waals surface area contributed by atoms with Crippen LogP contribution in [-0.2, 0) is 14.8 Å². The van der Waals surface area contributed by atoms with Gasteiger partial charge in [0.15, 0.2) is 0 Å². The third-order valence-corrected chi connectivity index (χ3v) is 6.83. The van der Waals surface area contributed by atoms with Crippen molar-refractivity contribution in [3.63, 3.8) is 0 Å². The lowest BCUT2D eigenvalue weighted by Crippen LogP contribution is -2.17. The normalized spacial score (nSPS) is 11.0. The van der Waals surface area contributed by atoms with E-state index >= 15 is 0 Å². The number of hydrogen-bond acceptors (Lipinski definition) is 5. The van der Waals surface area contributed by atoms with Gasteiger partial charge in [-0.05, 0) is 67.4 Å². The van der Waals surface area contributed by atoms with E-state index in [1.54, 1.807) is 55.5 Å². The number of carbonyl (C=O) groups excluding carboxylic acids is 2. The molecule has 0 atom stereocenters. The molecule has 0 heterocycles. The Morgan fingerprint density at radius 2 is 1.65 bits per heavy atom. The Labute approximate surface area is 204 Å². The number of aryl methyl sites for hydroxylation is 1. The monoisotopic (exact) mass is 500 g/mol. The van der Waals surface area contributed by atoms with Crippen molar-refractivity contribution < 1.29 is 22.7 Å². The summed E-state index contributed by atoms with van der Waals surface area (Å²) in [5.41, 5.74) is 2.08. The van der Waals surface area contributed by atoms with Crippen LogP contribution < -0.4 is 10.0 Å².